The predicted octanol–water partition coefficient (Wildman–Crippen LogP) is 10.9. The van der Waals surface area contributed by atoms with Crippen LogP contribution in [-0.4, -0.2) is 14.1 Å². The van der Waals surface area contributed by atoms with E-state index in [2.05, 4.69) is 113 Å². The minimum atomic E-state index is -2.32. The molecule has 0 aliphatic carbocycles. The van der Waals surface area contributed by atoms with Crippen molar-refractivity contribution >= 4 is 32.8 Å². The third-order valence-corrected chi connectivity index (χ3v) is 9.47. The maximum atomic E-state index is 8.37. The summed E-state index contributed by atoms with van der Waals surface area (Å²) in [7, 11) is 0. The Morgan fingerprint density at radius 3 is 2.16 bits per heavy atom. The second kappa shape index (κ2) is 11.7. The highest BCUT2D eigenvalue weighted by atomic mass is 16.5. The van der Waals surface area contributed by atoms with Crippen molar-refractivity contribution in [3.05, 3.63) is 151 Å². The molecule has 0 saturated heterocycles. The highest BCUT2D eigenvalue weighted by Gasteiger charge is 2.20. The SMILES string of the molecule is [2H]C([2H])([2H])c1cccc2c1[n+](-c1ccc(C(C)(C)C)cc1)[c-]n2-c1cccc(Oc2ccc3c4ccccc4n(-c4cc(C(C)(C)C)ccn4)c3c2)c1. The zero-order chi connectivity index (χ0) is 37.3. The average molecular weight is 658 g/mol. The molecule has 248 valence electrons. The normalized spacial score (nSPS) is 13.4. The molecule has 0 amide bonds. The van der Waals surface area contributed by atoms with Gasteiger partial charge in [0.05, 0.1) is 33.4 Å². The van der Waals surface area contributed by atoms with Gasteiger partial charge in [0.15, 0.2) is 0 Å². The molecule has 0 N–H and O–H groups in total. The predicted molar refractivity (Wildman–Crippen MR) is 204 cm³/mol. The fourth-order valence-corrected chi connectivity index (χ4v) is 6.73. The Bertz CT molecular complexity index is 2650. The van der Waals surface area contributed by atoms with Gasteiger partial charge in [-0.15, -0.1) is 0 Å². The first-order chi connectivity index (χ1) is 25.2. The first kappa shape index (κ1) is 28.2. The van der Waals surface area contributed by atoms with E-state index in [4.69, 9.17) is 13.8 Å². The maximum absolute atomic E-state index is 8.37. The van der Waals surface area contributed by atoms with Gasteiger partial charge in [0.25, 0.3) is 6.33 Å². The summed E-state index contributed by atoms with van der Waals surface area (Å²) >= 11 is 0. The van der Waals surface area contributed by atoms with Crippen LogP contribution in [0.3, 0.4) is 0 Å². The van der Waals surface area contributed by atoms with Gasteiger partial charge in [-0.2, -0.15) is 0 Å². The summed E-state index contributed by atoms with van der Waals surface area (Å²) in [5.74, 6) is 2.18. The number of ether oxygens (including phenoxy) is 1. The molecule has 0 atom stereocenters. The minimum absolute atomic E-state index is 0.0134. The van der Waals surface area contributed by atoms with Crippen molar-refractivity contribution in [1.29, 1.82) is 0 Å². The lowest BCUT2D eigenvalue weighted by atomic mass is 9.87. The molecule has 0 radical (unpaired) electrons. The number of hydrogen-bond acceptors (Lipinski definition) is 2. The number of benzene rings is 5. The number of pyridine rings is 1. The minimum Gasteiger partial charge on any atom is -0.458 e. The number of hydrogen-bond donors (Lipinski definition) is 0. The number of imidazole rings is 1. The van der Waals surface area contributed by atoms with Crippen molar-refractivity contribution in [1.82, 2.24) is 14.1 Å². The van der Waals surface area contributed by atoms with Crippen LogP contribution in [0, 0.1) is 13.2 Å². The van der Waals surface area contributed by atoms with Crippen molar-refractivity contribution in [2.45, 2.75) is 59.2 Å². The lowest BCUT2D eigenvalue weighted by molar-refractivity contribution is -0.572. The number of fused-ring (bicyclic) bond motifs is 4. The molecule has 8 aromatic rings. The van der Waals surface area contributed by atoms with Gasteiger partial charge in [-0.1, -0.05) is 96.1 Å². The third kappa shape index (κ3) is 5.53. The van der Waals surface area contributed by atoms with E-state index in [1.165, 1.54) is 11.1 Å². The highest BCUT2D eigenvalue weighted by Crippen LogP contribution is 2.36. The molecule has 0 unspecified atom stereocenters. The Hall–Kier alpha value is -5.68. The van der Waals surface area contributed by atoms with Crippen LogP contribution in [0.15, 0.2) is 128 Å². The lowest BCUT2D eigenvalue weighted by Crippen LogP contribution is -2.30. The van der Waals surface area contributed by atoms with Crippen LogP contribution < -0.4 is 9.30 Å². The average Bonchev–Trinajstić information content (AvgIpc) is 3.67. The van der Waals surface area contributed by atoms with Crippen LogP contribution in [-0.2, 0) is 10.8 Å². The summed E-state index contributed by atoms with van der Waals surface area (Å²) in [6.45, 7) is 10.8. The fraction of sp³-hybridized carbons (Fsp3) is 0.200. The van der Waals surface area contributed by atoms with E-state index in [1.54, 1.807) is 12.1 Å². The number of aryl methyl sites for hydroxylation is 1. The number of nitrogens with zero attached hydrogens (tertiary/aromatic N) is 4. The topological polar surface area (TPSA) is 35.9 Å². The summed E-state index contributed by atoms with van der Waals surface area (Å²) in [4.78, 5) is 4.82. The maximum Gasteiger partial charge on any atom is 0.269 e. The first-order valence-electron chi connectivity index (χ1n) is 18.6. The molecule has 5 heteroatoms. The summed E-state index contributed by atoms with van der Waals surface area (Å²) in [5.41, 5.74) is 7.65. The van der Waals surface area contributed by atoms with Crippen LogP contribution in [0.1, 0.15) is 62.3 Å². The van der Waals surface area contributed by atoms with E-state index in [0.29, 0.717) is 17.0 Å². The van der Waals surface area contributed by atoms with E-state index in [1.807, 2.05) is 63.9 Å². The Morgan fingerprint density at radius 2 is 1.38 bits per heavy atom. The van der Waals surface area contributed by atoms with E-state index in [0.717, 1.165) is 44.5 Å². The molecule has 0 fully saturated rings. The van der Waals surface area contributed by atoms with Gasteiger partial charge in [0, 0.05) is 27.1 Å². The Kier molecular flexibility index (Phi) is 6.61. The van der Waals surface area contributed by atoms with Crippen molar-refractivity contribution in [2.24, 2.45) is 0 Å². The Morgan fingerprint density at radius 1 is 0.660 bits per heavy atom. The van der Waals surface area contributed by atoms with Gasteiger partial charge in [0.1, 0.15) is 17.3 Å². The highest BCUT2D eigenvalue weighted by molar-refractivity contribution is 6.09. The zero-order valence-electron chi connectivity index (χ0n) is 32.3. The van der Waals surface area contributed by atoms with Gasteiger partial charge < -0.3 is 4.74 Å². The lowest BCUT2D eigenvalue weighted by Gasteiger charge is -2.20. The molecule has 8 rings (SSSR count). The molecule has 0 aliphatic heterocycles. The van der Waals surface area contributed by atoms with Crippen LogP contribution in [0.25, 0.3) is 50.0 Å². The zero-order valence-corrected chi connectivity index (χ0v) is 29.3. The Balaban J connectivity index is 1.22. The largest absolute Gasteiger partial charge is 0.458 e. The summed E-state index contributed by atoms with van der Waals surface area (Å²) < 4.78 is 37.7. The third-order valence-electron chi connectivity index (χ3n) is 9.47. The second-order valence-electron chi connectivity index (χ2n) is 15.0. The van der Waals surface area contributed by atoms with Crippen LogP contribution in [0.5, 0.6) is 11.5 Å². The Labute approximate surface area is 298 Å². The van der Waals surface area contributed by atoms with Crippen molar-refractivity contribution in [3.63, 3.8) is 0 Å². The monoisotopic (exact) mass is 657 g/mol. The van der Waals surface area contributed by atoms with Gasteiger partial charge in [-0.3, -0.25) is 13.7 Å². The van der Waals surface area contributed by atoms with Crippen molar-refractivity contribution < 1.29 is 13.4 Å². The molecule has 3 heterocycles. The van der Waals surface area contributed by atoms with Gasteiger partial charge >= 0.3 is 0 Å². The molecule has 5 aromatic carbocycles. The molecule has 50 heavy (non-hydrogen) atoms. The van der Waals surface area contributed by atoms with Gasteiger partial charge in [-0.05, 0) is 95.0 Å². The summed E-state index contributed by atoms with van der Waals surface area (Å²) in [6, 6.07) is 40.3. The first-order valence-corrected chi connectivity index (χ1v) is 17.1. The van der Waals surface area contributed by atoms with Crippen LogP contribution >= 0.6 is 0 Å². The van der Waals surface area contributed by atoms with E-state index >= 15 is 0 Å². The van der Waals surface area contributed by atoms with Gasteiger partial charge in [0.2, 0.25) is 0 Å². The van der Waals surface area contributed by atoms with Crippen LogP contribution in [0.4, 0.5) is 0 Å². The molecule has 0 bridgehead atoms. The molecule has 0 spiro atoms. The molecular weight excluding hydrogens is 613 g/mol. The van der Waals surface area contributed by atoms with Gasteiger partial charge in [-0.25, -0.2) is 4.98 Å². The molecular formula is C45H42N4O. The number of rotatable bonds is 5. The summed E-state index contributed by atoms with van der Waals surface area (Å²) in [6.07, 6.45) is 5.37. The van der Waals surface area contributed by atoms with E-state index in [9.17, 15) is 0 Å². The number of para-hydroxylation sites is 2. The summed E-state index contributed by atoms with van der Waals surface area (Å²) in [5, 5.41) is 2.26. The second-order valence-corrected chi connectivity index (χ2v) is 15.0. The molecule has 5 nitrogen and oxygen atoms in total. The fourth-order valence-electron chi connectivity index (χ4n) is 6.73. The van der Waals surface area contributed by atoms with E-state index < -0.39 is 6.85 Å². The molecule has 3 aromatic heterocycles. The number of aromatic nitrogens is 4. The quantitative estimate of drug-likeness (QED) is 0.136. The van der Waals surface area contributed by atoms with E-state index in [-0.39, 0.29) is 16.4 Å². The molecule has 0 aliphatic rings. The smallest absolute Gasteiger partial charge is 0.269 e. The van der Waals surface area contributed by atoms with Crippen molar-refractivity contribution in [2.75, 3.05) is 0 Å². The van der Waals surface area contributed by atoms with Crippen molar-refractivity contribution in [3.8, 4) is 28.7 Å². The van der Waals surface area contributed by atoms with Crippen LogP contribution in [0.2, 0.25) is 0 Å². The standard InChI is InChI=1S/C45H42N4O/c1-30-12-10-17-40-43(30)48(33-20-18-31(19-21-33)44(2,3)4)29-47(40)34-13-11-14-35(27-34)50-36-22-23-38-37-15-8-9-16-39(37)49(41(38)28-36)42-26-32(24-25-46-42)45(5,6)7/h8-28H,1-7H3/i1D3. The molecule has 0 saturated carbocycles.